The van der Waals surface area contributed by atoms with Crippen molar-refractivity contribution >= 4 is 5.91 Å². The van der Waals surface area contributed by atoms with E-state index in [4.69, 9.17) is 19.9 Å². The first kappa shape index (κ1) is 37.4. The molecule has 0 atom stereocenters. The average Bonchev–Trinajstić information content (AvgIpc) is 3.41. The van der Waals surface area contributed by atoms with Gasteiger partial charge in [0.05, 0.1) is 65.2 Å². The van der Waals surface area contributed by atoms with Crippen LogP contribution < -0.4 is 5.73 Å². The Morgan fingerprint density at radius 2 is 1.22 bits per heavy atom. The van der Waals surface area contributed by atoms with Crippen molar-refractivity contribution in [2.75, 3.05) is 59.5 Å². The highest BCUT2D eigenvalue weighted by Crippen LogP contribution is 2.22. The molecule has 1 heterocycles. The van der Waals surface area contributed by atoms with Gasteiger partial charge >= 0.3 is 0 Å². The van der Waals surface area contributed by atoms with Crippen LogP contribution in [0.15, 0.2) is 6.20 Å². The van der Waals surface area contributed by atoms with Crippen molar-refractivity contribution < 1.29 is 49.6 Å². The summed E-state index contributed by atoms with van der Waals surface area (Å²) in [6.07, 6.45) is -0.142. The Balaban J connectivity index is 0. The molecule has 220 valence electrons. The van der Waals surface area contributed by atoms with Crippen LogP contribution in [0.4, 0.5) is 0 Å². The lowest BCUT2D eigenvalue weighted by molar-refractivity contribution is -0.137. The fraction of sp³-hybridized carbons (Fsp3) is 0.870. The highest BCUT2D eigenvalue weighted by molar-refractivity contribution is 5.73. The lowest BCUT2D eigenvalue weighted by Gasteiger charge is -2.35. The van der Waals surface area contributed by atoms with Crippen molar-refractivity contribution in [2.45, 2.75) is 70.8 Å². The predicted octanol–water partition coefficient (Wildman–Crippen LogP) is -2.06. The van der Waals surface area contributed by atoms with Crippen molar-refractivity contribution in [3.63, 3.8) is 0 Å². The van der Waals surface area contributed by atoms with Crippen LogP contribution >= 0.6 is 0 Å². The summed E-state index contributed by atoms with van der Waals surface area (Å²) >= 11 is 0. The molecule has 1 rings (SSSR count). The number of rotatable bonds is 20. The van der Waals surface area contributed by atoms with Crippen LogP contribution in [0.25, 0.3) is 0 Å². The molecular formula is C23H48N4O10. The van der Waals surface area contributed by atoms with Gasteiger partial charge in [-0.05, 0) is 12.8 Å². The van der Waals surface area contributed by atoms with Gasteiger partial charge in [0.15, 0.2) is 0 Å². The molecule has 14 heteroatoms. The third-order valence-electron chi connectivity index (χ3n) is 4.87. The fourth-order valence-corrected chi connectivity index (χ4v) is 2.72. The van der Waals surface area contributed by atoms with E-state index < -0.39 is 69.4 Å². The Labute approximate surface area is 219 Å². The van der Waals surface area contributed by atoms with Gasteiger partial charge in [-0.15, -0.1) is 5.10 Å². The lowest BCUT2D eigenvalue weighted by Crippen LogP contribution is -2.51. The van der Waals surface area contributed by atoms with Crippen LogP contribution in [-0.2, 0) is 31.0 Å². The molecule has 0 saturated heterocycles. The van der Waals surface area contributed by atoms with Gasteiger partial charge in [-0.2, -0.15) is 0 Å². The molecule has 0 aromatic carbocycles. The molecule has 37 heavy (non-hydrogen) atoms. The van der Waals surface area contributed by atoms with Gasteiger partial charge in [-0.25, -0.2) is 4.68 Å². The van der Waals surface area contributed by atoms with Gasteiger partial charge in [0, 0.05) is 12.6 Å². The van der Waals surface area contributed by atoms with Crippen molar-refractivity contribution in [2.24, 2.45) is 5.73 Å². The number of aliphatic hydroxyl groups is 6. The van der Waals surface area contributed by atoms with E-state index in [1.165, 1.54) is 4.68 Å². The van der Waals surface area contributed by atoms with Gasteiger partial charge in [0.2, 0.25) is 5.91 Å². The van der Waals surface area contributed by atoms with Gasteiger partial charge < -0.3 is 50.6 Å². The Morgan fingerprint density at radius 1 is 0.838 bits per heavy atom. The molecular weight excluding hydrogens is 492 g/mol. The Kier molecular flexibility index (Phi) is 23.6. The number of aromatic nitrogens is 3. The maximum Gasteiger partial charge on any atom is 0.217 e. The van der Waals surface area contributed by atoms with Crippen LogP contribution in [-0.4, -0.2) is 129 Å². The minimum Gasteiger partial charge on any atom is -0.394 e. The molecule has 0 bridgehead atoms. The highest BCUT2D eigenvalue weighted by Gasteiger charge is 2.38. The van der Waals surface area contributed by atoms with Gasteiger partial charge in [0.1, 0.15) is 23.9 Å². The second-order valence-electron chi connectivity index (χ2n) is 7.59. The van der Waals surface area contributed by atoms with Gasteiger partial charge in [-0.1, -0.05) is 32.9 Å². The number of carbonyl (C=O) groups excluding carboxylic acids is 1. The first-order valence-corrected chi connectivity index (χ1v) is 12.6. The van der Waals surface area contributed by atoms with Crippen molar-refractivity contribution in [1.82, 2.24) is 15.0 Å². The minimum absolute atomic E-state index is 0.172. The van der Waals surface area contributed by atoms with E-state index in [0.717, 1.165) is 0 Å². The third kappa shape index (κ3) is 14.7. The zero-order valence-corrected chi connectivity index (χ0v) is 22.5. The molecule has 0 unspecified atom stereocenters. The van der Waals surface area contributed by atoms with E-state index in [-0.39, 0.29) is 26.2 Å². The summed E-state index contributed by atoms with van der Waals surface area (Å²) in [6.45, 7) is 4.59. The Bertz CT molecular complexity index is 612. The predicted molar refractivity (Wildman–Crippen MR) is 135 cm³/mol. The standard InChI is InChI=1S/C19H36N4O10.2C2H6/c20-18(30)3-1-2-14-4-23(22-21-14)19(11-31-15(5-24)6-25,12-32-16(7-26)8-27)13-33-17(9-28)10-29;2*1-2/h4,15-17,24-29H,1-3,5-13H2,(H2,20,30);2*1-2H3. The minimum atomic E-state index is -1.29. The molecule has 1 aromatic heterocycles. The summed E-state index contributed by atoms with van der Waals surface area (Å²) in [5.41, 5.74) is 4.40. The monoisotopic (exact) mass is 540 g/mol. The van der Waals surface area contributed by atoms with Crippen molar-refractivity contribution in [3.05, 3.63) is 11.9 Å². The van der Waals surface area contributed by atoms with Crippen LogP contribution in [0.1, 0.15) is 46.2 Å². The molecule has 1 amide bonds. The zero-order valence-electron chi connectivity index (χ0n) is 22.5. The number of nitrogens with zero attached hydrogens (tertiary/aromatic N) is 3. The number of ether oxygens (including phenoxy) is 3. The number of aryl methyl sites for hydroxylation is 1. The van der Waals surface area contributed by atoms with E-state index in [1.807, 2.05) is 27.7 Å². The maximum atomic E-state index is 11.0. The van der Waals surface area contributed by atoms with Crippen molar-refractivity contribution in [3.8, 4) is 0 Å². The topological polar surface area (TPSA) is 223 Å². The van der Waals surface area contributed by atoms with Crippen LogP contribution in [0.3, 0.4) is 0 Å². The summed E-state index contributed by atoms with van der Waals surface area (Å²) in [6, 6.07) is 0. The average molecular weight is 541 g/mol. The molecule has 1 aromatic rings. The third-order valence-corrected chi connectivity index (χ3v) is 4.87. The highest BCUT2D eigenvalue weighted by atomic mass is 16.5. The smallest absolute Gasteiger partial charge is 0.217 e. The normalized spacial score (nSPS) is 11.4. The zero-order chi connectivity index (χ0) is 28.7. The first-order chi connectivity index (χ1) is 17.9. The quantitative estimate of drug-likeness (QED) is 0.0948. The SMILES string of the molecule is CC.CC.NC(=O)CCCc1cn(C(COC(CO)CO)(COC(CO)CO)COC(CO)CO)nn1. The largest absolute Gasteiger partial charge is 0.394 e. The Hall–Kier alpha value is -1.75. The van der Waals surface area contributed by atoms with Crippen LogP contribution in [0.5, 0.6) is 0 Å². The van der Waals surface area contributed by atoms with Crippen LogP contribution in [0, 0.1) is 0 Å². The molecule has 8 N–H and O–H groups in total. The molecule has 0 fully saturated rings. The van der Waals surface area contributed by atoms with E-state index in [2.05, 4.69) is 10.3 Å². The number of carbonyl (C=O) groups is 1. The molecule has 0 aliphatic rings. The molecule has 0 saturated carbocycles. The molecule has 0 aliphatic heterocycles. The summed E-state index contributed by atoms with van der Waals surface area (Å²) in [4.78, 5) is 11.0. The number of primary amides is 1. The lowest BCUT2D eigenvalue weighted by atomic mass is 10.0. The van der Waals surface area contributed by atoms with E-state index in [0.29, 0.717) is 18.5 Å². The first-order valence-electron chi connectivity index (χ1n) is 12.6. The molecule has 0 radical (unpaired) electrons. The molecule has 0 spiro atoms. The van der Waals surface area contributed by atoms with Crippen LogP contribution in [0.2, 0.25) is 0 Å². The maximum absolute atomic E-state index is 11.0. The summed E-state index contributed by atoms with van der Waals surface area (Å²) < 4.78 is 18.2. The van der Waals surface area contributed by atoms with Crippen molar-refractivity contribution in [1.29, 1.82) is 0 Å². The Morgan fingerprint density at radius 3 is 1.54 bits per heavy atom. The number of nitrogens with two attached hydrogens (primary N) is 1. The number of aliphatic hydroxyl groups excluding tert-OH is 6. The van der Waals surface area contributed by atoms with E-state index in [1.54, 1.807) is 6.20 Å². The molecule has 0 aliphatic carbocycles. The number of hydrogen-bond acceptors (Lipinski definition) is 12. The molecule has 14 nitrogen and oxygen atoms in total. The fourth-order valence-electron chi connectivity index (χ4n) is 2.72. The number of amides is 1. The second-order valence-corrected chi connectivity index (χ2v) is 7.59. The second kappa shape index (κ2) is 23.4. The summed E-state index contributed by atoms with van der Waals surface area (Å²) in [5.74, 6) is -0.441. The van der Waals surface area contributed by atoms with Gasteiger partial charge in [-0.3, -0.25) is 4.79 Å². The number of hydrogen-bond donors (Lipinski definition) is 7. The summed E-state index contributed by atoms with van der Waals surface area (Å²) in [5, 5.41) is 64.4. The summed E-state index contributed by atoms with van der Waals surface area (Å²) in [7, 11) is 0. The van der Waals surface area contributed by atoms with E-state index >= 15 is 0 Å². The van der Waals surface area contributed by atoms with Gasteiger partial charge in [0.25, 0.3) is 0 Å². The van der Waals surface area contributed by atoms with E-state index in [9.17, 15) is 35.4 Å².